The second-order valence-electron chi connectivity index (χ2n) is 4.86. The van der Waals surface area contributed by atoms with Crippen LogP contribution in [0.4, 0.5) is 0 Å². The van der Waals surface area contributed by atoms with Gasteiger partial charge in [0.15, 0.2) is 11.5 Å². The van der Waals surface area contributed by atoms with Crippen LogP contribution in [0.1, 0.15) is 18.4 Å². The van der Waals surface area contributed by atoms with Gasteiger partial charge in [-0.1, -0.05) is 24.3 Å². The van der Waals surface area contributed by atoms with E-state index in [-0.39, 0.29) is 12.7 Å². The predicted molar refractivity (Wildman–Crippen MR) is 76.6 cm³/mol. The van der Waals surface area contributed by atoms with Gasteiger partial charge in [0.2, 0.25) is 12.7 Å². The highest BCUT2D eigenvalue weighted by Crippen LogP contribution is 2.32. The van der Waals surface area contributed by atoms with Crippen molar-refractivity contribution in [1.82, 2.24) is 4.90 Å². The lowest BCUT2D eigenvalue weighted by Crippen LogP contribution is -2.25. The molecule has 0 radical (unpaired) electrons. The molecule has 4 nitrogen and oxygen atoms in total. The number of carbonyl (C=O) groups is 1. The van der Waals surface area contributed by atoms with Gasteiger partial charge < -0.3 is 14.4 Å². The van der Waals surface area contributed by atoms with Gasteiger partial charge in [0.05, 0.1) is 0 Å². The third kappa shape index (κ3) is 2.85. The topological polar surface area (TPSA) is 38.8 Å². The van der Waals surface area contributed by atoms with Gasteiger partial charge in [0.25, 0.3) is 0 Å². The Kier molecular flexibility index (Phi) is 3.72. The van der Waals surface area contributed by atoms with Gasteiger partial charge in [-0.05, 0) is 30.5 Å². The van der Waals surface area contributed by atoms with Crippen molar-refractivity contribution in [3.63, 3.8) is 0 Å². The molecule has 4 heteroatoms. The van der Waals surface area contributed by atoms with Gasteiger partial charge in [0, 0.05) is 19.2 Å². The van der Waals surface area contributed by atoms with Gasteiger partial charge in [-0.25, -0.2) is 0 Å². The van der Waals surface area contributed by atoms with E-state index >= 15 is 0 Å². The number of hydrogen-bond donors (Lipinski definition) is 0. The molecule has 0 aliphatic carbocycles. The van der Waals surface area contributed by atoms with Crippen molar-refractivity contribution < 1.29 is 14.3 Å². The highest BCUT2D eigenvalue weighted by molar-refractivity contribution is 5.88. The van der Waals surface area contributed by atoms with Gasteiger partial charge in [-0.2, -0.15) is 0 Å². The van der Waals surface area contributed by atoms with Crippen LogP contribution in [0.5, 0.6) is 11.5 Å². The summed E-state index contributed by atoms with van der Waals surface area (Å²) >= 11 is 0. The van der Waals surface area contributed by atoms with Crippen LogP contribution in [0.15, 0.2) is 36.4 Å². The molecule has 1 aromatic rings. The van der Waals surface area contributed by atoms with E-state index < -0.39 is 0 Å². The highest BCUT2D eigenvalue weighted by Gasteiger charge is 2.14. The minimum Gasteiger partial charge on any atom is -0.454 e. The largest absolute Gasteiger partial charge is 0.454 e. The predicted octanol–water partition coefficient (Wildman–Crippen LogP) is 2.61. The molecule has 1 aromatic carbocycles. The van der Waals surface area contributed by atoms with E-state index in [9.17, 15) is 4.79 Å². The van der Waals surface area contributed by atoms with Gasteiger partial charge >= 0.3 is 0 Å². The fourth-order valence-corrected chi connectivity index (χ4v) is 2.36. The number of nitrogens with zero attached hydrogens (tertiary/aromatic N) is 1. The molecule has 0 saturated carbocycles. The van der Waals surface area contributed by atoms with E-state index in [2.05, 4.69) is 0 Å². The molecule has 0 aromatic heterocycles. The van der Waals surface area contributed by atoms with E-state index in [0.717, 1.165) is 43.0 Å². The minimum absolute atomic E-state index is 0.0952. The van der Waals surface area contributed by atoms with Crippen LogP contribution in [-0.4, -0.2) is 30.7 Å². The van der Waals surface area contributed by atoms with E-state index in [1.54, 1.807) is 12.2 Å². The molecule has 0 unspecified atom stereocenters. The Hall–Kier alpha value is -2.23. The molecule has 1 amide bonds. The Balaban J connectivity index is 1.58. The number of likely N-dealkylation sites (tertiary alicyclic amines) is 1. The van der Waals surface area contributed by atoms with E-state index in [4.69, 9.17) is 9.47 Å². The highest BCUT2D eigenvalue weighted by atomic mass is 16.7. The normalized spacial score (nSPS) is 17.5. The maximum absolute atomic E-state index is 11.8. The summed E-state index contributed by atoms with van der Waals surface area (Å²) in [5.41, 5.74) is 1.02. The number of benzene rings is 1. The Morgan fingerprint density at radius 1 is 1.10 bits per heavy atom. The average molecular weight is 271 g/mol. The lowest BCUT2D eigenvalue weighted by atomic mass is 10.2. The van der Waals surface area contributed by atoms with Gasteiger partial charge in [-0.15, -0.1) is 0 Å². The first kappa shape index (κ1) is 12.8. The Bertz CT molecular complexity index is 557. The minimum atomic E-state index is 0.0952. The van der Waals surface area contributed by atoms with Crippen LogP contribution in [0.2, 0.25) is 0 Å². The van der Waals surface area contributed by atoms with Crippen LogP contribution in [0.3, 0.4) is 0 Å². The summed E-state index contributed by atoms with van der Waals surface area (Å²) in [5, 5.41) is 0. The summed E-state index contributed by atoms with van der Waals surface area (Å²) in [7, 11) is 0. The zero-order chi connectivity index (χ0) is 13.8. The SMILES string of the molecule is O=C(/C=C/C=C\c1ccc2c(c1)OCO2)N1CCCC1. The van der Waals surface area contributed by atoms with Crippen LogP contribution in [0, 0.1) is 0 Å². The second kappa shape index (κ2) is 5.82. The molecule has 104 valence electrons. The summed E-state index contributed by atoms with van der Waals surface area (Å²) in [6, 6.07) is 5.77. The fourth-order valence-electron chi connectivity index (χ4n) is 2.36. The maximum Gasteiger partial charge on any atom is 0.246 e. The molecule has 0 atom stereocenters. The summed E-state index contributed by atoms with van der Waals surface area (Å²) < 4.78 is 10.6. The molecule has 2 aliphatic heterocycles. The zero-order valence-electron chi connectivity index (χ0n) is 11.2. The lowest BCUT2D eigenvalue weighted by molar-refractivity contribution is -0.124. The second-order valence-corrected chi connectivity index (χ2v) is 4.86. The number of rotatable bonds is 3. The molecule has 0 spiro atoms. The van der Waals surface area contributed by atoms with E-state index in [0.29, 0.717) is 0 Å². The van der Waals surface area contributed by atoms with Crippen molar-refractivity contribution in [3.05, 3.63) is 42.0 Å². The number of hydrogen-bond acceptors (Lipinski definition) is 3. The van der Waals surface area contributed by atoms with Crippen molar-refractivity contribution in [1.29, 1.82) is 0 Å². The van der Waals surface area contributed by atoms with Crippen LogP contribution in [0.25, 0.3) is 6.08 Å². The first-order valence-electron chi connectivity index (χ1n) is 6.86. The molecule has 1 fully saturated rings. The van der Waals surface area contributed by atoms with Crippen LogP contribution >= 0.6 is 0 Å². The molecule has 3 rings (SSSR count). The number of amides is 1. The number of carbonyl (C=O) groups excluding carboxylic acids is 1. The first-order chi connectivity index (χ1) is 9.83. The maximum atomic E-state index is 11.8. The summed E-state index contributed by atoms with van der Waals surface area (Å²) in [4.78, 5) is 13.7. The molecule has 0 N–H and O–H groups in total. The Morgan fingerprint density at radius 2 is 1.90 bits per heavy atom. The van der Waals surface area contributed by atoms with E-state index in [1.165, 1.54) is 0 Å². The van der Waals surface area contributed by atoms with Crippen molar-refractivity contribution in [2.24, 2.45) is 0 Å². The first-order valence-corrected chi connectivity index (χ1v) is 6.86. The summed E-state index contributed by atoms with van der Waals surface area (Å²) in [5.74, 6) is 1.64. The molecule has 20 heavy (non-hydrogen) atoms. The van der Waals surface area contributed by atoms with Gasteiger partial charge in [-0.3, -0.25) is 4.79 Å². The summed E-state index contributed by atoms with van der Waals surface area (Å²) in [6.45, 7) is 2.05. The standard InChI is InChI=1S/C16H17NO3/c18-16(17-9-3-4-10-17)6-2-1-5-13-7-8-14-15(11-13)20-12-19-14/h1-2,5-8,11H,3-4,9-10,12H2/b5-1-,6-2+. The van der Waals surface area contributed by atoms with E-state index in [1.807, 2.05) is 35.3 Å². The monoisotopic (exact) mass is 271 g/mol. The number of ether oxygens (including phenoxy) is 2. The van der Waals surface area contributed by atoms with Crippen LogP contribution < -0.4 is 9.47 Å². The molecule has 2 aliphatic rings. The number of allylic oxidation sites excluding steroid dienone is 2. The molecular weight excluding hydrogens is 254 g/mol. The average Bonchev–Trinajstić information content (AvgIpc) is 3.13. The zero-order valence-corrected chi connectivity index (χ0v) is 11.2. The smallest absolute Gasteiger partial charge is 0.246 e. The third-order valence-electron chi connectivity index (χ3n) is 3.45. The third-order valence-corrected chi connectivity index (χ3v) is 3.45. The number of fused-ring (bicyclic) bond motifs is 1. The molecule has 2 heterocycles. The molecular formula is C16H17NO3. The fraction of sp³-hybridized carbons (Fsp3) is 0.312. The van der Waals surface area contributed by atoms with Crippen molar-refractivity contribution in [2.75, 3.05) is 19.9 Å². The molecule has 0 bridgehead atoms. The quantitative estimate of drug-likeness (QED) is 0.626. The van der Waals surface area contributed by atoms with Crippen LogP contribution in [-0.2, 0) is 4.79 Å². The van der Waals surface area contributed by atoms with Crippen molar-refractivity contribution in [3.8, 4) is 11.5 Å². The Labute approximate surface area is 118 Å². The van der Waals surface area contributed by atoms with Crippen molar-refractivity contribution in [2.45, 2.75) is 12.8 Å². The van der Waals surface area contributed by atoms with Gasteiger partial charge in [0.1, 0.15) is 0 Å². The Morgan fingerprint density at radius 3 is 2.75 bits per heavy atom. The lowest BCUT2D eigenvalue weighted by Gasteiger charge is -2.11. The summed E-state index contributed by atoms with van der Waals surface area (Å²) in [6.07, 6.45) is 9.44. The van der Waals surface area contributed by atoms with Crippen molar-refractivity contribution >= 4 is 12.0 Å². The molecule has 1 saturated heterocycles.